The quantitative estimate of drug-likeness (QED) is 0.661. The van der Waals surface area contributed by atoms with Crippen LogP contribution in [0, 0.1) is 22.7 Å². The minimum Gasteiger partial charge on any atom is -0.394 e. The summed E-state index contributed by atoms with van der Waals surface area (Å²) in [5, 5.41) is 28.8. The Balaban J connectivity index is 1.81. The van der Waals surface area contributed by atoms with Crippen molar-refractivity contribution in [3.05, 3.63) is 0 Å². The fraction of sp³-hybridized carbons (Fsp3) is 0.867. The standard InChI is InChI=1S/C15H23N3O3/c16-7-10-5-9-6-11(9)18(10)14(21)13(17)15(12(20)8-19)3-1-2-4-15/h9-13,19-20H,1-6,8,17H2/t9-,10+,11+,12?,13-/m1/s1. The molecule has 21 heavy (non-hydrogen) atoms. The summed E-state index contributed by atoms with van der Waals surface area (Å²) in [6, 6.07) is 1.15. The Morgan fingerprint density at radius 3 is 2.67 bits per heavy atom. The summed E-state index contributed by atoms with van der Waals surface area (Å²) in [5.41, 5.74) is 5.50. The summed E-state index contributed by atoms with van der Waals surface area (Å²) in [4.78, 5) is 14.5. The summed E-state index contributed by atoms with van der Waals surface area (Å²) in [5.74, 6) is 0.231. The number of hydrogen-bond donors (Lipinski definition) is 3. The van der Waals surface area contributed by atoms with Crippen LogP contribution in [-0.2, 0) is 4.79 Å². The number of nitrogens with two attached hydrogens (primary N) is 1. The lowest BCUT2D eigenvalue weighted by atomic mass is 9.73. The number of amides is 1. The van der Waals surface area contributed by atoms with Crippen LogP contribution >= 0.6 is 0 Å². The van der Waals surface area contributed by atoms with Crippen LogP contribution in [0.5, 0.6) is 0 Å². The van der Waals surface area contributed by atoms with E-state index in [1.165, 1.54) is 0 Å². The van der Waals surface area contributed by atoms with E-state index in [-0.39, 0.29) is 24.6 Å². The van der Waals surface area contributed by atoms with Crippen molar-refractivity contribution in [1.82, 2.24) is 4.90 Å². The van der Waals surface area contributed by atoms with Crippen LogP contribution < -0.4 is 5.73 Å². The zero-order chi connectivity index (χ0) is 15.2. The van der Waals surface area contributed by atoms with E-state index in [1.807, 2.05) is 0 Å². The number of nitriles is 1. The number of hydrogen-bond acceptors (Lipinski definition) is 5. The second-order valence-electron chi connectivity index (χ2n) is 6.81. The van der Waals surface area contributed by atoms with Gasteiger partial charge in [-0.2, -0.15) is 5.26 Å². The summed E-state index contributed by atoms with van der Waals surface area (Å²) < 4.78 is 0. The van der Waals surface area contributed by atoms with Gasteiger partial charge >= 0.3 is 0 Å². The van der Waals surface area contributed by atoms with Crippen LogP contribution in [0.3, 0.4) is 0 Å². The van der Waals surface area contributed by atoms with Crippen molar-refractivity contribution in [1.29, 1.82) is 5.26 Å². The van der Waals surface area contributed by atoms with Crippen molar-refractivity contribution >= 4 is 5.91 Å². The van der Waals surface area contributed by atoms with E-state index in [1.54, 1.807) is 4.90 Å². The Labute approximate surface area is 124 Å². The Kier molecular flexibility index (Phi) is 3.68. The van der Waals surface area contributed by atoms with Crippen LogP contribution in [0.25, 0.3) is 0 Å². The first-order chi connectivity index (χ1) is 10.0. The van der Waals surface area contributed by atoms with Crippen molar-refractivity contribution < 1.29 is 15.0 Å². The molecule has 3 rings (SSSR count). The van der Waals surface area contributed by atoms with Crippen LogP contribution in [0.15, 0.2) is 0 Å². The topological polar surface area (TPSA) is 111 Å². The summed E-state index contributed by atoms with van der Waals surface area (Å²) in [7, 11) is 0. The SMILES string of the molecule is N#C[C@@H]1C[C@@H]2C[C@@H]2N1C(=O)[C@@H](N)C1(C(O)CO)CCCC1. The molecule has 1 aliphatic heterocycles. The molecule has 0 aromatic heterocycles. The van der Waals surface area contributed by atoms with Gasteiger partial charge in [-0.05, 0) is 31.6 Å². The van der Waals surface area contributed by atoms with Crippen molar-refractivity contribution in [2.24, 2.45) is 17.1 Å². The van der Waals surface area contributed by atoms with Crippen molar-refractivity contribution in [3.8, 4) is 6.07 Å². The van der Waals surface area contributed by atoms with Crippen LogP contribution in [0.2, 0.25) is 0 Å². The Morgan fingerprint density at radius 1 is 1.43 bits per heavy atom. The van der Waals surface area contributed by atoms with Gasteiger partial charge in [0.2, 0.25) is 5.91 Å². The first-order valence-electron chi connectivity index (χ1n) is 7.81. The van der Waals surface area contributed by atoms with E-state index in [4.69, 9.17) is 5.73 Å². The number of aliphatic hydroxyl groups excluding tert-OH is 2. The highest BCUT2D eigenvalue weighted by Gasteiger charge is 2.57. The molecule has 1 unspecified atom stereocenters. The highest BCUT2D eigenvalue weighted by molar-refractivity contribution is 5.84. The van der Waals surface area contributed by atoms with E-state index in [2.05, 4.69) is 6.07 Å². The van der Waals surface area contributed by atoms with Gasteiger partial charge in [-0.25, -0.2) is 0 Å². The molecule has 1 amide bonds. The van der Waals surface area contributed by atoms with E-state index >= 15 is 0 Å². The smallest absolute Gasteiger partial charge is 0.241 e. The fourth-order valence-electron chi connectivity index (χ4n) is 4.36. The molecule has 1 heterocycles. The molecular formula is C15H23N3O3. The fourth-order valence-corrected chi connectivity index (χ4v) is 4.36. The zero-order valence-electron chi connectivity index (χ0n) is 12.1. The van der Waals surface area contributed by atoms with Gasteiger partial charge < -0.3 is 20.8 Å². The maximum atomic E-state index is 12.8. The number of likely N-dealkylation sites (tertiary alicyclic amines) is 1. The zero-order valence-corrected chi connectivity index (χ0v) is 12.1. The van der Waals surface area contributed by atoms with Gasteiger partial charge in [0.1, 0.15) is 6.04 Å². The lowest BCUT2D eigenvalue weighted by molar-refractivity contribution is -0.140. The maximum Gasteiger partial charge on any atom is 0.241 e. The predicted molar refractivity (Wildman–Crippen MR) is 74.7 cm³/mol. The molecule has 3 fully saturated rings. The average Bonchev–Trinajstić information content (AvgIpc) is 2.94. The minimum atomic E-state index is -0.975. The summed E-state index contributed by atoms with van der Waals surface area (Å²) in [6.07, 6.45) is 3.86. The minimum absolute atomic E-state index is 0.165. The van der Waals surface area contributed by atoms with Gasteiger partial charge in [-0.1, -0.05) is 12.8 Å². The number of rotatable bonds is 4. The van der Waals surface area contributed by atoms with Gasteiger partial charge in [0.25, 0.3) is 0 Å². The maximum absolute atomic E-state index is 12.8. The molecular weight excluding hydrogens is 270 g/mol. The summed E-state index contributed by atoms with van der Waals surface area (Å²) in [6.45, 7) is -0.380. The second-order valence-corrected chi connectivity index (χ2v) is 6.81. The molecule has 0 spiro atoms. The molecule has 2 saturated carbocycles. The Hall–Kier alpha value is -1.16. The molecule has 4 N–H and O–H groups in total. The highest BCUT2D eigenvalue weighted by Crippen LogP contribution is 2.50. The van der Waals surface area contributed by atoms with Crippen molar-refractivity contribution in [3.63, 3.8) is 0 Å². The predicted octanol–water partition coefficient (Wildman–Crippen LogP) is -0.260. The first-order valence-corrected chi connectivity index (χ1v) is 7.81. The van der Waals surface area contributed by atoms with E-state index < -0.39 is 17.6 Å². The number of carbonyl (C=O) groups excluding carboxylic acids is 1. The molecule has 0 aromatic rings. The monoisotopic (exact) mass is 293 g/mol. The lowest BCUT2D eigenvalue weighted by Crippen LogP contribution is -2.58. The highest BCUT2D eigenvalue weighted by atomic mass is 16.3. The molecule has 5 atom stereocenters. The van der Waals surface area contributed by atoms with Crippen LogP contribution in [0.4, 0.5) is 0 Å². The Bertz CT molecular complexity index is 469. The Morgan fingerprint density at radius 2 is 2.10 bits per heavy atom. The molecule has 3 aliphatic rings. The third-order valence-corrected chi connectivity index (χ3v) is 5.76. The third kappa shape index (κ3) is 2.15. The molecule has 116 valence electrons. The number of nitrogens with zero attached hydrogens (tertiary/aromatic N) is 2. The van der Waals surface area contributed by atoms with Crippen LogP contribution in [0.1, 0.15) is 38.5 Å². The summed E-state index contributed by atoms with van der Waals surface area (Å²) >= 11 is 0. The van der Waals surface area contributed by atoms with E-state index in [9.17, 15) is 20.3 Å². The van der Waals surface area contributed by atoms with Gasteiger partial charge in [0.15, 0.2) is 0 Å². The van der Waals surface area contributed by atoms with E-state index in [0.717, 1.165) is 25.7 Å². The molecule has 0 aromatic carbocycles. The first kappa shape index (κ1) is 14.8. The second kappa shape index (κ2) is 5.24. The number of piperidine rings is 1. The molecule has 2 aliphatic carbocycles. The normalized spacial score (nSPS) is 35.9. The van der Waals surface area contributed by atoms with Gasteiger partial charge in [0.05, 0.1) is 24.8 Å². The third-order valence-electron chi connectivity index (χ3n) is 5.76. The molecule has 0 bridgehead atoms. The van der Waals surface area contributed by atoms with Crippen molar-refractivity contribution in [2.75, 3.05) is 6.61 Å². The van der Waals surface area contributed by atoms with Gasteiger partial charge in [-0.3, -0.25) is 4.79 Å². The van der Waals surface area contributed by atoms with Crippen LogP contribution in [-0.4, -0.2) is 51.9 Å². The number of fused-ring (bicyclic) bond motifs is 1. The average molecular weight is 293 g/mol. The molecule has 6 heteroatoms. The molecule has 0 radical (unpaired) electrons. The molecule has 1 saturated heterocycles. The van der Waals surface area contributed by atoms with E-state index in [0.29, 0.717) is 18.8 Å². The number of carbonyl (C=O) groups is 1. The largest absolute Gasteiger partial charge is 0.394 e. The molecule has 6 nitrogen and oxygen atoms in total. The number of aliphatic hydroxyl groups is 2. The van der Waals surface area contributed by atoms with Crippen molar-refractivity contribution in [2.45, 2.75) is 62.8 Å². The lowest BCUT2D eigenvalue weighted by Gasteiger charge is -2.40. The van der Waals surface area contributed by atoms with Gasteiger partial charge in [0, 0.05) is 11.5 Å². The van der Waals surface area contributed by atoms with Gasteiger partial charge in [-0.15, -0.1) is 0 Å².